The second kappa shape index (κ2) is 7.55. The smallest absolute Gasteiger partial charge is 0.256 e. The van der Waals surface area contributed by atoms with Crippen LogP contribution in [0.2, 0.25) is 0 Å². The van der Waals surface area contributed by atoms with Crippen molar-refractivity contribution in [3.05, 3.63) is 36.2 Å². The number of nitrogens with zero attached hydrogens (tertiary/aromatic N) is 4. The fourth-order valence-electron chi connectivity index (χ4n) is 3.08. The lowest BCUT2D eigenvalue weighted by molar-refractivity contribution is 0.0936. The molecule has 0 unspecified atom stereocenters. The summed E-state index contributed by atoms with van der Waals surface area (Å²) >= 11 is 0. The summed E-state index contributed by atoms with van der Waals surface area (Å²) in [7, 11) is 3.31. The Balaban J connectivity index is 1.65. The van der Waals surface area contributed by atoms with Crippen molar-refractivity contribution in [1.82, 2.24) is 24.9 Å². The molecular weight excluding hydrogens is 374 g/mol. The number of ether oxygens (including phenoxy) is 1. The van der Waals surface area contributed by atoms with E-state index < -0.39 is 0 Å². The normalized spacial score (nSPS) is 14.4. The Morgan fingerprint density at radius 3 is 2.93 bits per heavy atom. The Bertz CT molecular complexity index is 1050. The minimum atomic E-state index is -0.273. The number of hydrogen-bond donors (Lipinski definition) is 4. The van der Waals surface area contributed by atoms with Crippen LogP contribution in [-0.2, 0) is 0 Å². The number of carbonyl (C=O) groups is 1. The molecule has 3 aromatic rings. The summed E-state index contributed by atoms with van der Waals surface area (Å²) in [6, 6.07) is 5.39. The van der Waals surface area contributed by atoms with Crippen molar-refractivity contribution in [1.29, 1.82) is 0 Å². The molecule has 3 aromatic heterocycles. The van der Waals surface area contributed by atoms with Crippen molar-refractivity contribution in [3.63, 3.8) is 0 Å². The Morgan fingerprint density at radius 2 is 2.24 bits per heavy atom. The van der Waals surface area contributed by atoms with E-state index in [0.29, 0.717) is 41.0 Å². The lowest BCUT2D eigenvalue weighted by atomic mass is 10.1. The predicted molar refractivity (Wildman–Crippen MR) is 108 cm³/mol. The first kappa shape index (κ1) is 18.9. The maximum absolute atomic E-state index is 12.7. The Hall–Kier alpha value is -3.40. The Kier molecular flexibility index (Phi) is 4.93. The average molecular weight is 397 g/mol. The van der Waals surface area contributed by atoms with E-state index in [1.165, 1.54) is 6.20 Å². The first-order valence-electron chi connectivity index (χ1n) is 9.31. The van der Waals surface area contributed by atoms with Gasteiger partial charge in [-0.2, -0.15) is 9.61 Å². The molecule has 10 heteroatoms. The number of aromatic nitrogens is 4. The molecule has 1 aliphatic rings. The van der Waals surface area contributed by atoms with E-state index in [1.807, 2.05) is 6.07 Å². The van der Waals surface area contributed by atoms with Crippen LogP contribution < -0.4 is 20.7 Å². The molecule has 4 rings (SSSR count). The highest BCUT2D eigenvalue weighted by Crippen LogP contribution is 2.44. The minimum Gasteiger partial charge on any atom is -0.480 e. The van der Waals surface area contributed by atoms with Gasteiger partial charge in [0.05, 0.1) is 19.9 Å². The minimum absolute atomic E-state index is 0.0746. The van der Waals surface area contributed by atoms with Gasteiger partial charge < -0.3 is 25.8 Å². The average Bonchev–Trinajstić information content (AvgIpc) is 3.42. The van der Waals surface area contributed by atoms with Crippen molar-refractivity contribution < 1.29 is 14.6 Å². The second-order valence-electron chi connectivity index (χ2n) is 7.10. The highest BCUT2D eigenvalue weighted by Gasteiger charge is 2.42. The Morgan fingerprint density at radius 1 is 1.41 bits per heavy atom. The summed E-state index contributed by atoms with van der Waals surface area (Å²) in [5.74, 6) is 1.33. The van der Waals surface area contributed by atoms with E-state index in [4.69, 9.17) is 4.74 Å². The van der Waals surface area contributed by atoms with Crippen LogP contribution >= 0.6 is 0 Å². The number of methoxy groups -OCH3 is 1. The maximum atomic E-state index is 12.7. The molecule has 1 fully saturated rings. The van der Waals surface area contributed by atoms with Crippen molar-refractivity contribution in [2.75, 3.05) is 37.9 Å². The molecule has 10 nitrogen and oxygen atoms in total. The summed E-state index contributed by atoms with van der Waals surface area (Å²) in [4.78, 5) is 21.5. The zero-order valence-corrected chi connectivity index (χ0v) is 16.3. The number of rotatable bonds is 8. The SMILES string of the molecule is CNc1cc(Nc2cccnc2OC)nc2c(C(=O)NCC3(CO)CC3)cnn12. The number of carbonyl (C=O) groups excluding carboxylic acids is 1. The molecule has 0 spiro atoms. The van der Waals surface area contributed by atoms with Crippen molar-refractivity contribution >= 4 is 28.9 Å². The van der Waals surface area contributed by atoms with Crippen LogP contribution in [0.5, 0.6) is 5.88 Å². The van der Waals surface area contributed by atoms with E-state index in [-0.39, 0.29) is 17.9 Å². The van der Waals surface area contributed by atoms with Gasteiger partial charge in [0.1, 0.15) is 22.9 Å². The summed E-state index contributed by atoms with van der Waals surface area (Å²) in [6.45, 7) is 0.509. The first-order chi connectivity index (χ1) is 14.1. The highest BCUT2D eigenvalue weighted by molar-refractivity contribution is 6.00. The zero-order valence-electron chi connectivity index (χ0n) is 16.3. The van der Waals surface area contributed by atoms with Gasteiger partial charge in [-0.1, -0.05) is 0 Å². The van der Waals surface area contributed by atoms with Gasteiger partial charge in [0.2, 0.25) is 5.88 Å². The third kappa shape index (κ3) is 3.66. The molecule has 0 aromatic carbocycles. The summed E-state index contributed by atoms with van der Waals surface area (Å²) in [6.07, 6.45) is 4.97. The van der Waals surface area contributed by atoms with Gasteiger partial charge in [-0.25, -0.2) is 9.97 Å². The lowest BCUT2D eigenvalue weighted by Crippen LogP contribution is -2.31. The number of aliphatic hydroxyl groups is 1. The van der Waals surface area contributed by atoms with Crippen LogP contribution in [0, 0.1) is 5.41 Å². The molecule has 3 heterocycles. The molecule has 0 atom stereocenters. The van der Waals surface area contributed by atoms with Gasteiger partial charge in [-0.05, 0) is 25.0 Å². The fourth-order valence-corrected chi connectivity index (χ4v) is 3.08. The first-order valence-corrected chi connectivity index (χ1v) is 9.31. The third-order valence-corrected chi connectivity index (χ3v) is 5.12. The summed E-state index contributed by atoms with van der Waals surface area (Å²) in [5, 5.41) is 22.9. The number of fused-ring (bicyclic) bond motifs is 1. The van der Waals surface area contributed by atoms with E-state index >= 15 is 0 Å². The molecule has 0 radical (unpaired) electrons. The number of amides is 1. The van der Waals surface area contributed by atoms with Crippen LogP contribution in [0.15, 0.2) is 30.6 Å². The zero-order chi connectivity index (χ0) is 20.4. The number of aliphatic hydroxyl groups excluding tert-OH is 1. The molecule has 1 aliphatic carbocycles. The largest absolute Gasteiger partial charge is 0.480 e. The van der Waals surface area contributed by atoms with Gasteiger partial charge in [0, 0.05) is 31.3 Å². The van der Waals surface area contributed by atoms with Gasteiger partial charge in [-0.3, -0.25) is 4.79 Å². The van der Waals surface area contributed by atoms with Crippen LogP contribution in [0.4, 0.5) is 17.3 Å². The number of nitrogens with one attached hydrogen (secondary N) is 3. The molecule has 0 aliphatic heterocycles. The maximum Gasteiger partial charge on any atom is 0.256 e. The Labute approximate surface area is 167 Å². The predicted octanol–water partition coefficient (Wildman–Crippen LogP) is 1.42. The monoisotopic (exact) mass is 397 g/mol. The lowest BCUT2D eigenvalue weighted by Gasteiger charge is -2.13. The fraction of sp³-hybridized carbons (Fsp3) is 0.368. The van der Waals surface area contributed by atoms with Crippen molar-refractivity contribution in [3.8, 4) is 5.88 Å². The molecule has 4 N–H and O–H groups in total. The second-order valence-corrected chi connectivity index (χ2v) is 7.10. The summed E-state index contributed by atoms with van der Waals surface area (Å²) < 4.78 is 6.84. The van der Waals surface area contributed by atoms with E-state index in [2.05, 4.69) is 31.0 Å². The van der Waals surface area contributed by atoms with Gasteiger partial charge in [0.25, 0.3) is 5.91 Å². The van der Waals surface area contributed by atoms with Crippen molar-refractivity contribution in [2.24, 2.45) is 5.41 Å². The molecule has 0 saturated heterocycles. The summed E-state index contributed by atoms with van der Waals surface area (Å²) in [5.41, 5.74) is 1.25. The van der Waals surface area contributed by atoms with Crippen LogP contribution in [-0.4, -0.2) is 57.9 Å². The molecule has 1 saturated carbocycles. The standard InChI is InChI=1S/C19H23N7O3/c1-20-15-8-14(24-13-4-3-7-21-18(13)29-2)25-16-12(9-23-26(15)16)17(28)22-10-19(11-27)5-6-19/h3-4,7-9,20,27H,5-6,10-11H2,1-2H3,(H,22,28)(H,24,25). The molecule has 0 bridgehead atoms. The van der Waals surface area contributed by atoms with Crippen molar-refractivity contribution in [2.45, 2.75) is 12.8 Å². The van der Waals surface area contributed by atoms with E-state index in [1.54, 1.807) is 37.0 Å². The van der Waals surface area contributed by atoms with Gasteiger partial charge in [-0.15, -0.1) is 0 Å². The van der Waals surface area contributed by atoms with Gasteiger partial charge >= 0.3 is 0 Å². The quantitative estimate of drug-likeness (QED) is 0.450. The number of pyridine rings is 1. The molecule has 29 heavy (non-hydrogen) atoms. The van der Waals surface area contributed by atoms with Crippen LogP contribution in [0.1, 0.15) is 23.2 Å². The highest BCUT2D eigenvalue weighted by atomic mass is 16.5. The molecule has 1 amide bonds. The molecular formula is C19H23N7O3. The topological polar surface area (TPSA) is 126 Å². The third-order valence-electron chi connectivity index (χ3n) is 5.12. The molecule has 152 valence electrons. The van der Waals surface area contributed by atoms with Gasteiger partial charge in [0.15, 0.2) is 5.65 Å². The van der Waals surface area contributed by atoms with E-state index in [0.717, 1.165) is 12.8 Å². The van der Waals surface area contributed by atoms with Crippen LogP contribution in [0.25, 0.3) is 5.65 Å². The van der Waals surface area contributed by atoms with E-state index in [9.17, 15) is 9.90 Å². The van der Waals surface area contributed by atoms with Crippen LogP contribution in [0.3, 0.4) is 0 Å². The number of anilines is 3. The number of hydrogen-bond acceptors (Lipinski definition) is 8.